The second kappa shape index (κ2) is 11.0. The van der Waals surface area contributed by atoms with Gasteiger partial charge in [0.25, 0.3) is 0 Å². The number of carbonyl (C=O) groups is 2. The van der Waals surface area contributed by atoms with Crippen molar-refractivity contribution in [3.63, 3.8) is 0 Å². The Labute approximate surface area is 177 Å². The van der Waals surface area contributed by atoms with Crippen LogP contribution in [0.25, 0.3) is 0 Å². The number of amides is 2. The Bertz CT molecular complexity index is 807. The van der Waals surface area contributed by atoms with Gasteiger partial charge in [-0.2, -0.15) is 0 Å². The first-order valence-corrected chi connectivity index (χ1v) is 10.3. The molecule has 156 valence electrons. The third-order valence-electron chi connectivity index (χ3n) is 4.69. The number of halogens is 2. The highest BCUT2D eigenvalue weighted by molar-refractivity contribution is 6.31. The van der Waals surface area contributed by atoms with Crippen LogP contribution in [0.15, 0.2) is 48.5 Å². The molecule has 29 heavy (non-hydrogen) atoms. The van der Waals surface area contributed by atoms with Crippen molar-refractivity contribution in [2.45, 2.75) is 52.1 Å². The normalized spacial score (nSPS) is 11.9. The van der Waals surface area contributed by atoms with Crippen LogP contribution in [0, 0.1) is 5.82 Å². The second-order valence-corrected chi connectivity index (χ2v) is 7.69. The molecule has 1 atom stereocenters. The summed E-state index contributed by atoms with van der Waals surface area (Å²) in [5.41, 5.74) is 1.22. The lowest BCUT2D eigenvalue weighted by atomic mass is 10.1. The predicted molar refractivity (Wildman–Crippen MR) is 114 cm³/mol. The van der Waals surface area contributed by atoms with E-state index in [0.717, 1.165) is 5.56 Å². The van der Waals surface area contributed by atoms with Gasteiger partial charge in [-0.3, -0.25) is 9.59 Å². The van der Waals surface area contributed by atoms with Gasteiger partial charge < -0.3 is 10.2 Å². The fraction of sp³-hybridized carbons (Fsp3) is 0.391. The van der Waals surface area contributed by atoms with Crippen molar-refractivity contribution in [2.75, 3.05) is 6.54 Å². The van der Waals surface area contributed by atoms with Gasteiger partial charge in [0, 0.05) is 23.2 Å². The fourth-order valence-corrected chi connectivity index (χ4v) is 3.46. The molecule has 1 N–H and O–H groups in total. The first-order chi connectivity index (χ1) is 13.8. The molecule has 4 nitrogen and oxygen atoms in total. The van der Waals surface area contributed by atoms with Crippen molar-refractivity contribution in [3.05, 3.63) is 70.5 Å². The summed E-state index contributed by atoms with van der Waals surface area (Å²) in [6, 6.07) is 13.4. The van der Waals surface area contributed by atoms with E-state index in [2.05, 4.69) is 5.32 Å². The fourth-order valence-electron chi connectivity index (χ4n) is 3.23. The molecule has 0 bridgehead atoms. The van der Waals surface area contributed by atoms with E-state index in [-0.39, 0.29) is 34.9 Å². The van der Waals surface area contributed by atoms with E-state index >= 15 is 0 Å². The van der Waals surface area contributed by atoms with E-state index < -0.39 is 11.9 Å². The average Bonchev–Trinajstić information content (AvgIpc) is 2.68. The number of carbonyl (C=O) groups excluding carboxylic acids is 2. The Kier molecular flexibility index (Phi) is 8.65. The van der Waals surface area contributed by atoms with Crippen molar-refractivity contribution < 1.29 is 14.0 Å². The van der Waals surface area contributed by atoms with Gasteiger partial charge in [0.15, 0.2) is 0 Å². The zero-order valence-electron chi connectivity index (χ0n) is 17.1. The predicted octanol–water partition coefficient (Wildman–Crippen LogP) is 4.40. The summed E-state index contributed by atoms with van der Waals surface area (Å²) in [6.45, 7) is 5.97. The molecule has 0 spiro atoms. The molecule has 0 radical (unpaired) electrons. The van der Waals surface area contributed by atoms with Gasteiger partial charge in [-0.05, 0) is 44.4 Å². The molecule has 0 heterocycles. The van der Waals surface area contributed by atoms with Gasteiger partial charge in [-0.15, -0.1) is 0 Å². The van der Waals surface area contributed by atoms with Crippen molar-refractivity contribution in [1.82, 2.24) is 10.2 Å². The zero-order valence-corrected chi connectivity index (χ0v) is 17.9. The summed E-state index contributed by atoms with van der Waals surface area (Å²) in [6.07, 6.45) is 0.874. The van der Waals surface area contributed by atoms with Gasteiger partial charge in [0.05, 0.1) is 6.42 Å². The van der Waals surface area contributed by atoms with E-state index in [1.54, 1.807) is 11.0 Å². The van der Waals surface area contributed by atoms with E-state index in [4.69, 9.17) is 11.6 Å². The molecule has 0 aromatic heterocycles. The molecular weight excluding hydrogens is 391 g/mol. The highest BCUT2D eigenvalue weighted by Gasteiger charge is 2.29. The molecule has 0 aliphatic rings. The molecule has 2 aromatic carbocycles. The average molecular weight is 419 g/mol. The zero-order chi connectivity index (χ0) is 21.4. The Morgan fingerprint density at radius 2 is 1.79 bits per heavy atom. The maximum absolute atomic E-state index is 14.2. The van der Waals surface area contributed by atoms with Gasteiger partial charge in [-0.25, -0.2) is 4.39 Å². The molecule has 0 aliphatic heterocycles. The molecular formula is C23H28ClFN2O2. The molecule has 0 saturated heterocycles. The SMILES string of the molecule is CCC(C(=O)NC(C)C)N(CCc1ccccc1)C(=O)Cc1c(F)cccc1Cl. The smallest absolute Gasteiger partial charge is 0.242 e. The minimum atomic E-state index is -0.626. The van der Waals surface area contributed by atoms with Crippen LogP contribution >= 0.6 is 11.6 Å². The van der Waals surface area contributed by atoms with Crippen molar-refractivity contribution >= 4 is 23.4 Å². The van der Waals surface area contributed by atoms with Gasteiger partial charge in [0.1, 0.15) is 11.9 Å². The Hall–Kier alpha value is -2.40. The third-order valence-corrected chi connectivity index (χ3v) is 5.04. The quantitative estimate of drug-likeness (QED) is 0.656. The van der Waals surface area contributed by atoms with Crippen LogP contribution in [0.3, 0.4) is 0 Å². The van der Waals surface area contributed by atoms with Gasteiger partial charge in [0.2, 0.25) is 11.8 Å². The lowest BCUT2D eigenvalue weighted by Crippen LogP contribution is -2.51. The lowest BCUT2D eigenvalue weighted by Gasteiger charge is -2.31. The Balaban J connectivity index is 2.26. The second-order valence-electron chi connectivity index (χ2n) is 7.29. The number of hydrogen-bond donors (Lipinski definition) is 1. The third kappa shape index (κ3) is 6.57. The molecule has 2 aromatic rings. The van der Waals surface area contributed by atoms with Gasteiger partial charge in [-0.1, -0.05) is 54.9 Å². The highest BCUT2D eigenvalue weighted by Crippen LogP contribution is 2.21. The maximum atomic E-state index is 14.2. The monoisotopic (exact) mass is 418 g/mol. The summed E-state index contributed by atoms with van der Waals surface area (Å²) < 4.78 is 14.2. The summed E-state index contributed by atoms with van der Waals surface area (Å²) in [4.78, 5) is 27.4. The number of hydrogen-bond acceptors (Lipinski definition) is 2. The topological polar surface area (TPSA) is 49.4 Å². The summed E-state index contributed by atoms with van der Waals surface area (Å²) in [5.74, 6) is -1.05. The molecule has 0 saturated carbocycles. The van der Waals surface area contributed by atoms with Crippen molar-refractivity contribution in [3.8, 4) is 0 Å². The summed E-state index contributed by atoms with van der Waals surface area (Å²) >= 11 is 6.11. The minimum absolute atomic E-state index is 0.0383. The summed E-state index contributed by atoms with van der Waals surface area (Å²) in [7, 11) is 0. The summed E-state index contributed by atoms with van der Waals surface area (Å²) in [5, 5.41) is 3.09. The van der Waals surface area contributed by atoms with Crippen LogP contribution < -0.4 is 5.32 Å². The molecule has 2 rings (SSSR count). The van der Waals surface area contributed by atoms with E-state index in [9.17, 15) is 14.0 Å². The maximum Gasteiger partial charge on any atom is 0.242 e. The molecule has 1 unspecified atom stereocenters. The minimum Gasteiger partial charge on any atom is -0.352 e. The van der Waals surface area contributed by atoms with Crippen LogP contribution in [0.1, 0.15) is 38.3 Å². The van der Waals surface area contributed by atoms with Crippen molar-refractivity contribution in [2.24, 2.45) is 0 Å². The lowest BCUT2D eigenvalue weighted by molar-refractivity contribution is -0.140. The molecule has 2 amide bonds. The standard InChI is InChI=1S/C23H28ClFN2O2/c1-4-21(23(29)26-16(2)3)27(14-13-17-9-6-5-7-10-17)22(28)15-18-19(24)11-8-12-20(18)25/h5-12,16,21H,4,13-15H2,1-3H3,(H,26,29). The van der Waals surface area contributed by atoms with E-state index in [0.29, 0.717) is 19.4 Å². The Morgan fingerprint density at radius 3 is 2.38 bits per heavy atom. The number of rotatable bonds is 9. The Morgan fingerprint density at radius 1 is 1.10 bits per heavy atom. The van der Waals surface area contributed by atoms with E-state index in [1.165, 1.54) is 12.1 Å². The number of benzene rings is 2. The first kappa shape index (κ1) is 22.9. The van der Waals surface area contributed by atoms with Crippen LogP contribution in [-0.2, 0) is 22.4 Å². The van der Waals surface area contributed by atoms with Crippen LogP contribution in [-0.4, -0.2) is 35.3 Å². The number of nitrogens with one attached hydrogen (secondary N) is 1. The largest absolute Gasteiger partial charge is 0.352 e. The molecule has 6 heteroatoms. The van der Waals surface area contributed by atoms with Crippen LogP contribution in [0.5, 0.6) is 0 Å². The van der Waals surface area contributed by atoms with E-state index in [1.807, 2.05) is 51.1 Å². The number of nitrogens with zero attached hydrogens (tertiary/aromatic N) is 1. The van der Waals surface area contributed by atoms with Crippen LogP contribution in [0.2, 0.25) is 5.02 Å². The van der Waals surface area contributed by atoms with Gasteiger partial charge >= 0.3 is 0 Å². The first-order valence-electron chi connectivity index (χ1n) is 9.90. The van der Waals surface area contributed by atoms with Crippen LogP contribution in [0.4, 0.5) is 4.39 Å². The molecule has 0 aliphatic carbocycles. The highest BCUT2D eigenvalue weighted by atomic mass is 35.5. The van der Waals surface area contributed by atoms with Crippen molar-refractivity contribution in [1.29, 1.82) is 0 Å². The molecule has 0 fully saturated rings.